The van der Waals surface area contributed by atoms with Gasteiger partial charge in [0.25, 0.3) is 0 Å². The Bertz CT molecular complexity index is 600. The minimum Gasteiger partial charge on any atom is -0.334 e. The molecular formula is C21H41N5O3S. The second kappa shape index (κ2) is 10.8. The van der Waals surface area contributed by atoms with Crippen LogP contribution in [-0.4, -0.2) is 84.1 Å². The van der Waals surface area contributed by atoms with Gasteiger partial charge in [-0.1, -0.05) is 41.5 Å². The highest BCUT2D eigenvalue weighted by Crippen LogP contribution is 2.26. The summed E-state index contributed by atoms with van der Waals surface area (Å²) < 4.78 is 4.06. The summed E-state index contributed by atoms with van der Waals surface area (Å²) >= 11 is 1.57. The number of aldehydes is 1. The number of likely N-dealkylation sites (tertiary alicyclic amines) is 1. The number of amides is 3. The van der Waals surface area contributed by atoms with Crippen LogP contribution in [0.3, 0.4) is 0 Å². The van der Waals surface area contributed by atoms with Crippen molar-refractivity contribution >= 4 is 30.4 Å². The summed E-state index contributed by atoms with van der Waals surface area (Å²) in [6.45, 7) is 13.2. The maximum atomic E-state index is 13.2. The topological polar surface area (TPSA) is 85.0 Å². The lowest BCUT2D eigenvalue weighted by Gasteiger charge is -2.37. The van der Waals surface area contributed by atoms with E-state index in [0.717, 1.165) is 12.7 Å². The molecule has 1 rings (SSSR count). The smallest absolute Gasteiger partial charge is 0.315 e. The quantitative estimate of drug-likeness (QED) is 0.443. The molecule has 0 aromatic heterocycles. The molecule has 8 nitrogen and oxygen atoms in total. The Balaban J connectivity index is 2.91. The number of nitrogens with one attached hydrogen (secondary N) is 2. The number of carbonyl (C=O) groups excluding carboxylic acids is 3. The van der Waals surface area contributed by atoms with Crippen LogP contribution in [-0.2, 0) is 9.59 Å². The van der Waals surface area contributed by atoms with Crippen molar-refractivity contribution in [1.82, 2.24) is 24.1 Å². The van der Waals surface area contributed by atoms with E-state index < -0.39 is 17.5 Å². The Morgan fingerprint density at radius 2 is 1.70 bits per heavy atom. The molecule has 3 atom stereocenters. The molecule has 1 fully saturated rings. The molecule has 30 heavy (non-hydrogen) atoms. The highest BCUT2D eigenvalue weighted by atomic mass is 32.2. The summed E-state index contributed by atoms with van der Waals surface area (Å²) in [4.78, 5) is 39.1. The van der Waals surface area contributed by atoms with Gasteiger partial charge in [0.2, 0.25) is 5.91 Å². The first-order valence-electron chi connectivity index (χ1n) is 10.6. The molecule has 3 unspecified atom stereocenters. The molecule has 1 aliphatic heterocycles. The first kappa shape index (κ1) is 26.7. The van der Waals surface area contributed by atoms with Gasteiger partial charge in [-0.2, -0.15) is 0 Å². The first-order valence-corrected chi connectivity index (χ1v) is 11.3. The predicted octanol–water partition coefficient (Wildman–Crippen LogP) is 2.36. The van der Waals surface area contributed by atoms with Crippen LogP contribution in [0.2, 0.25) is 0 Å². The average Bonchev–Trinajstić information content (AvgIpc) is 3.04. The van der Waals surface area contributed by atoms with E-state index >= 15 is 0 Å². The third-order valence-electron chi connectivity index (χ3n) is 5.22. The lowest BCUT2D eigenvalue weighted by molar-refractivity contribution is -0.138. The monoisotopic (exact) mass is 443 g/mol. The summed E-state index contributed by atoms with van der Waals surface area (Å²) in [7, 11) is 5.92. The van der Waals surface area contributed by atoms with Gasteiger partial charge >= 0.3 is 6.03 Å². The van der Waals surface area contributed by atoms with Crippen molar-refractivity contribution in [3.63, 3.8) is 0 Å². The van der Waals surface area contributed by atoms with E-state index in [-0.39, 0.29) is 23.4 Å². The zero-order valence-corrected chi connectivity index (χ0v) is 20.9. The van der Waals surface area contributed by atoms with Crippen LogP contribution in [0.25, 0.3) is 0 Å². The Morgan fingerprint density at radius 3 is 2.17 bits per heavy atom. The molecule has 0 radical (unpaired) electrons. The predicted molar refractivity (Wildman–Crippen MR) is 123 cm³/mol. The molecule has 1 heterocycles. The Labute approximate surface area is 186 Å². The molecule has 0 aromatic carbocycles. The van der Waals surface area contributed by atoms with Crippen LogP contribution in [0.4, 0.5) is 4.79 Å². The number of carbonyl (C=O) groups is 3. The highest BCUT2D eigenvalue weighted by Gasteiger charge is 2.40. The standard InChI is InChI=1S/C21H41N5O3S/c1-20(2,3)16(13-25(9)30-24(7)8)22-19(29)23-17(21(4,5)6)18(28)26-12-10-11-15(26)14-27/h14-17H,10-13H2,1-9H3,(H2,22,23,29). The number of urea groups is 1. The zero-order chi connectivity index (χ0) is 23.3. The summed E-state index contributed by atoms with van der Waals surface area (Å²) in [5.41, 5.74) is -0.656. The van der Waals surface area contributed by atoms with Crippen LogP contribution in [0.1, 0.15) is 54.4 Å². The minimum atomic E-state index is -0.715. The van der Waals surface area contributed by atoms with Gasteiger partial charge in [0, 0.05) is 31.3 Å². The van der Waals surface area contributed by atoms with Crippen LogP contribution in [0.5, 0.6) is 0 Å². The summed E-state index contributed by atoms with van der Waals surface area (Å²) in [6, 6.07) is -1.60. The fourth-order valence-electron chi connectivity index (χ4n) is 3.46. The normalized spacial score (nSPS) is 19.7. The van der Waals surface area contributed by atoms with E-state index in [9.17, 15) is 14.4 Å². The summed E-state index contributed by atoms with van der Waals surface area (Å²) in [6.07, 6.45) is 2.32. The van der Waals surface area contributed by atoms with Gasteiger partial charge < -0.3 is 20.3 Å². The number of rotatable bonds is 8. The Hall–Kier alpha value is -1.32. The zero-order valence-electron chi connectivity index (χ0n) is 20.1. The van der Waals surface area contributed by atoms with Crippen molar-refractivity contribution in [2.45, 2.75) is 72.5 Å². The number of likely N-dealkylation sites (N-methyl/N-ethyl adjacent to an activating group) is 1. The van der Waals surface area contributed by atoms with Gasteiger partial charge in [0.05, 0.1) is 6.04 Å². The van der Waals surface area contributed by atoms with Gasteiger partial charge in [-0.3, -0.25) is 4.79 Å². The third kappa shape index (κ3) is 8.07. The lowest BCUT2D eigenvalue weighted by atomic mass is 9.85. The second-order valence-corrected chi connectivity index (χ2v) is 11.9. The van der Waals surface area contributed by atoms with Crippen LogP contribution < -0.4 is 10.6 Å². The Morgan fingerprint density at radius 1 is 1.10 bits per heavy atom. The van der Waals surface area contributed by atoms with Crippen molar-refractivity contribution in [2.75, 3.05) is 34.2 Å². The molecule has 0 aromatic rings. The molecule has 174 valence electrons. The summed E-state index contributed by atoms with van der Waals surface area (Å²) in [5.74, 6) is -0.195. The lowest BCUT2D eigenvalue weighted by Crippen LogP contribution is -2.60. The van der Waals surface area contributed by atoms with E-state index in [1.165, 1.54) is 0 Å². The molecule has 0 bridgehead atoms. The maximum absolute atomic E-state index is 13.2. The fourth-order valence-corrected chi connectivity index (χ4v) is 4.23. The van der Waals surface area contributed by atoms with Crippen LogP contribution >= 0.6 is 12.1 Å². The van der Waals surface area contributed by atoms with Gasteiger partial charge in [0.15, 0.2) is 0 Å². The van der Waals surface area contributed by atoms with Crippen LogP contribution in [0.15, 0.2) is 0 Å². The molecular weight excluding hydrogens is 402 g/mol. The largest absolute Gasteiger partial charge is 0.334 e. The van der Waals surface area contributed by atoms with Crippen molar-refractivity contribution in [3.8, 4) is 0 Å². The van der Waals surface area contributed by atoms with Crippen molar-refractivity contribution in [1.29, 1.82) is 0 Å². The van der Waals surface area contributed by atoms with Gasteiger partial charge in [-0.15, -0.1) is 0 Å². The van der Waals surface area contributed by atoms with Crippen molar-refractivity contribution in [3.05, 3.63) is 0 Å². The number of hydrogen-bond donors (Lipinski definition) is 2. The number of nitrogens with zero attached hydrogens (tertiary/aromatic N) is 3. The van der Waals surface area contributed by atoms with E-state index in [1.54, 1.807) is 17.0 Å². The molecule has 0 spiro atoms. The number of hydrogen-bond acceptors (Lipinski definition) is 6. The molecule has 9 heteroatoms. The Kier molecular flexibility index (Phi) is 9.63. The van der Waals surface area contributed by atoms with Gasteiger partial charge in [0.1, 0.15) is 12.3 Å². The van der Waals surface area contributed by atoms with Gasteiger partial charge in [-0.05, 0) is 44.8 Å². The average molecular weight is 444 g/mol. The van der Waals surface area contributed by atoms with E-state index in [0.29, 0.717) is 19.5 Å². The molecule has 1 saturated heterocycles. The molecule has 0 saturated carbocycles. The highest BCUT2D eigenvalue weighted by molar-refractivity contribution is 7.94. The SMILES string of the molecule is CN(C)SN(C)CC(NC(=O)NC(C(=O)N1CCCC1C=O)C(C)(C)C)C(C)(C)C. The van der Waals surface area contributed by atoms with E-state index in [2.05, 4.69) is 35.7 Å². The molecule has 3 amide bonds. The minimum absolute atomic E-state index is 0.125. The second-order valence-electron chi connectivity index (χ2n) is 10.4. The van der Waals surface area contributed by atoms with Crippen LogP contribution in [0, 0.1) is 10.8 Å². The van der Waals surface area contributed by atoms with Gasteiger partial charge in [-0.25, -0.2) is 13.4 Å². The molecule has 1 aliphatic rings. The van der Waals surface area contributed by atoms with Crippen molar-refractivity contribution < 1.29 is 14.4 Å². The molecule has 0 aliphatic carbocycles. The first-order chi connectivity index (χ1) is 13.7. The summed E-state index contributed by atoms with van der Waals surface area (Å²) in [5, 5.41) is 5.97. The van der Waals surface area contributed by atoms with Crippen molar-refractivity contribution in [2.24, 2.45) is 10.8 Å². The van der Waals surface area contributed by atoms with E-state index in [1.807, 2.05) is 46.2 Å². The van der Waals surface area contributed by atoms with E-state index in [4.69, 9.17) is 0 Å². The fraction of sp³-hybridized carbons (Fsp3) is 0.857. The third-order valence-corrected chi connectivity index (χ3v) is 5.98. The molecule has 2 N–H and O–H groups in total. The maximum Gasteiger partial charge on any atom is 0.315 e.